The molecule has 2 fully saturated rings. The fourth-order valence-corrected chi connectivity index (χ4v) is 3.08. The zero-order valence-electron chi connectivity index (χ0n) is 11.1. The fourth-order valence-electron chi connectivity index (χ4n) is 3.08. The standard InChI is InChI=1S/C14H27NO2/c1-12(13-5-3-2-4-6-13)15-11-14(16)7-9-17-10-8-14/h12-13,15-16H,2-11H2,1H3. The number of hydrogen-bond donors (Lipinski definition) is 2. The van der Waals surface area contributed by atoms with E-state index in [9.17, 15) is 5.11 Å². The lowest BCUT2D eigenvalue weighted by atomic mass is 9.84. The predicted octanol–water partition coefficient (Wildman–Crippen LogP) is 2.09. The van der Waals surface area contributed by atoms with Crippen molar-refractivity contribution < 1.29 is 9.84 Å². The van der Waals surface area contributed by atoms with Crippen LogP contribution in [0.3, 0.4) is 0 Å². The summed E-state index contributed by atoms with van der Waals surface area (Å²) in [5.41, 5.74) is -0.527. The van der Waals surface area contributed by atoms with E-state index in [0.29, 0.717) is 19.3 Å². The quantitative estimate of drug-likeness (QED) is 0.792. The van der Waals surface area contributed by atoms with Gasteiger partial charge in [-0.3, -0.25) is 0 Å². The monoisotopic (exact) mass is 241 g/mol. The third kappa shape index (κ3) is 3.94. The Bertz CT molecular complexity index is 220. The highest BCUT2D eigenvalue weighted by Crippen LogP contribution is 2.27. The van der Waals surface area contributed by atoms with Crippen molar-refractivity contribution >= 4 is 0 Å². The molecule has 1 saturated heterocycles. The van der Waals surface area contributed by atoms with E-state index in [1.54, 1.807) is 0 Å². The van der Waals surface area contributed by atoms with Gasteiger partial charge in [0.15, 0.2) is 0 Å². The molecule has 1 unspecified atom stereocenters. The van der Waals surface area contributed by atoms with Crippen LogP contribution in [0.1, 0.15) is 51.9 Å². The van der Waals surface area contributed by atoms with Gasteiger partial charge in [0.25, 0.3) is 0 Å². The molecule has 3 heteroatoms. The third-order valence-corrected chi connectivity index (χ3v) is 4.53. The van der Waals surface area contributed by atoms with Crippen LogP contribution in [0.15, 0.2) is 0 Å². The SMILES string of the molecule is CC(NCC1(O)CCOCC1)C1CCCCC1. The molecule has 1 aliphatic heterocycles. The molecule has 0 aromatic heterocycles. The summed E-state index contributed by atoms with van der Waals surface area (Å²) in [6.45, 7) is 4.42. The highest BCUT2D eigenvalue weighted by Gasteiger charge is 2.30. The minimum absolute atomic E-state index is 0.527. The van der Waals surface area contributed by atoms with Gasteiger partial charge in [-0.1, -0.05) is 19.3 Å². The van der Waals surface area contributed by atoms with Gasteiger partial charge in [0, 0.05) is 38.6 Å². The summed E-state index contributed by atoms with van der Waals surface area (Å²) >= 11 is 0. The number of nitrogens with one attached hydrogen (secondary N) is 1. The largest absolute Gasteiger partial charge is 0.388 e. The van der Waals surface area contributed by atoms with Crippen molar-refractivity contribution in [3.8, 4) is 0 Å². The van der Waals surface area contributed by atoms with E-state index in [2.05, 4.69) is 12.2 Å². The highest BCUT2D eigenvalue weighted by molar-refractivity contribution is 4.86. The summed E-state index contributed by atoms with van der Waals surface area (Å²) in [6, 6.07) is 0.544. The maximum Gasteiger partial charge on any atom is 0.0815 e. The summed E-state index contributed by atoms with van der Waals surface area (Å²) in [5.74, 6) is 0.812. The van der Waals surface area contributed by atoms with Crippen LogP contribution in [0.4, 0.5) is 0 Å². The van der Waals surface area contributed by atoms with Gasteiger partial charge in [0.2, 0.25) is 0 Å². The molecule has 0 amide bonds. The second-order valence-electron chi connectivity index (χ2n) is 5.90. The smallest absolute Gasteiger partial charge is 0.0815 e. The Morgan fingerprint density at radius 3 is 2.53 bits per heavy atom. The van der Waals surface area contributed by atoms with Crippen LogP contribution in [0.25, 0.3) is 0 Å². The van der Waals surface area contributed by atoms with Crippen molar-refractivity contribution in [2.75, 3.05) is 19.8 Å². The summed E-state index contributed by atoms with van der Waals surface area (Å²) in [6.07, 6.45) is 8.44. The van der Waals surface area contributed by atoms with Crippen molar-refractivity contribution in [1.82, 2.24) is 5.32 Å². The molecule has 1 heterocycles. The van der Waals surface area contributed by atoms with Crippen LogP contribution in [0.2, 0.25) is 0 Å². The Kier molecular flexibility index (Phi) is 4.83. The van der Waals surface area contributed by atoms with Gasteiger partial charge in [-0.25, -0.2) is 0 Å². The molecule has 2 rings (SSSR count). The Balaban J connectivity index is 1.72. The van der Waals surface area contributed by atoms with Gasteiger partial charge in [0.05, 0.1) is 5.60 Å². The number of rotatable bonds is 4. The lowest BCUT2D eigenvalue weighted by Crippen LogP contribution is -2.48. The first-order valence-corrected chi connectivity index (χ1v) is 7.23. The van der Waals surface area contributed by atoms with Crippen molar-refractivity contribution in [3.05, 3.63) is 0 Å². The van der Waals surface area contributed by atoms with Gasteiger partial charge in [-0.05, 0) is 25.7 Å². The zero-order chi connectivity index (χ0) is 12.1. The minimum Gasteiger partial charge on any atom is -0.388 e. The average Bonchev–Trinajstić information content (AvgIpc) is 2.38. The summed E-state index contributed by atoms with van der Waals surface area (Å²) in [4.78, 5) is 0. The fraction of sp³-hybridized carbons (Fsp3) is 1.00. The van der Waals surface area contributed by atoms with E-state index >= 15 is 0 Å². The topological polar surface area (TPSA) is 41.5 Å². The first kappa shape index (κ1) is 13.3. The van der Waals surface area contributed by atoms with Crippen LogP contribution in [-0.2, 0) is 4.74 Å². The molecule has 2 N–H and O–H groups in total. The highest BCUT2D eigenvalue weighted by atomic mass is 16.5. The van der Waals surface area contributed by atoms with Crippen LogP contribution in [0, 0.1) is 5.92 Å². The Morgan fingerprint density at radius 1 is 1.24 bits per heavy atom. The van der Waals surface area contributed by atoms with Gasteiger partial charge < -0.3 is 15.2 Å². The van der Waals surface area contributed by atoms with E-state index in [1.165, 1.54) is 32.1 Å². The van der Waals surface area contributed by atoms with Crippen molar-refractivity contribution in [2.24, 2.45) is 5.92 Å². The lowest BCUT2D eigenvalue weighted by molar-refractivity contribution is -0.0634. The molecule has 17 heavy (non-hydrogen) atoms. The molecule has 100 valence electrons. The van der Waals surface area contributed by atoms with Crippen molar-refractivity contribution in [2.45, 2.75) is 63.5 Å². The molecule has 1 saturated carbocycles. The predicted molar refractivity (Wildman–Crippen MR) is 69.0 cm³/mol. The number of hydrogen-bond acceptors (Lipinski definition) is 3. The number of ether oxygens (including phenoxy) is 1. The molecule has 0 bridgehead atoms. The number of aliphatic hydroxyl groups is 1. The molecule has 1 aliphatic carbocycles. The average molecular weight is 241 g/mol. The summed E-state index contributed by atoms with van der Waals surface area (Å²) < 4.78 is 5.30. The second kappa shape index (κ2) is 6.17. The van der Waals surface area contributed by atoms with E-state index in [0.717, 1.165) is 25.3 Å². The van der Waals surface area contributed by atoms with Crippen LogP contribution < -0.4 is 5.32 Å². The molecule has 0 radical (unpaired) electrons. The van der Waals surface area contributed by atoms with E-state index in [4.69, 9.17) is 4.74 Å². The Hall–Kier alpha value is -0.120. The van der Waals surface area contributed by atoms with E-state index in [1.807, 2.05) is 0 Å². The molecule has 1 atom stereocenters. The summed E-state index contributed by atoms with van der Waals surface area (Å²) in [5, 5.41) is 13.9. The second-order valence-corrected chi connectivity index (χ2v) is 5.90. The van der Waals surface area contributed by atoms with Gasteiger partial charge >= 0.3 is 0 Å². The van der Waals surface area contributed by atoms with Crippen LogP contribution >= 0.6 is 0 Å². The van der Waals surface area contributed by atoms with E-state index in [-0.39, 0.29) is 0 Å². The minimum atomic E-state index is -0.527. The van der Waals surface area contributed by atoms with Crippen molar-refractivity contribution in [3.63, 3.8) is 0 Å². The molecule has 0 aromatic rings. The maximum absolute atomic E-state index is 10.4. The zero-order valence-corrected chi connectivity index (χ0v) is 11.1. The molecule has 3 nitrogen and oxygen atoms in total. The molecule has 0 aromatic carbocycles. The van der Waals surface area contributed by atoms with E-state index < -0.39 is 5.60 Å². The molecular weight excluding hydrogens is 214 g/mol. The maximum atomic E-state index is 10.4. The third-order valence-electron chi connectivity index (χ3n) is 4.53. The van der Waals surface area contributed by atoms with Gasteiger partial charge in [-0.15, -0.1) is 0 Å². The molecular formula is C14H27NO2. The normalized spacial score (nSPS) is 27.9. The van der Waals surface area contributed by atoms with Gasteiger partial charge in [-0.2, -0.15) is 0 Å². The molecule has 2 aliphatic rings. The first-order chi connectivity index (χ1) is 8.20. The van der Waals surface area contributed by atoms with Gasteiger partial charge in [0.1, 0.15) is 0 Å². The lowest BCUT2D eigenvalue weighted by Gasteiger charge is -2.35. The van der Waals surface area contributed by atoms with Crippen LogP contribution in [0.5, 0.6) is 0 Å². The molecule has 0 spiro atoms. The summed E-state index contributed by atoms with van der Waals surface area (Å²) in [7, 11) is 0. The Morgan fingerprint density at radius 2 is 1.88 bits per heavy atom. The Labute approximate surface area is 105 Å². The van der Waals surface area contributed by atoms with Crippen LogP contribution in [-0.4, -0.2) is 36.5 Å². The first-order valence-electron chi connectivity index (χ1n) is 7.23. The van der Waals surface area contributed by atoms with Crippen molar-refractivity contribution in [1.29, 1.82) is 0 Å².